The predicted molar refractivity (Wildman–Crippen MR) is 74.2 cm³/mol. The normalized spacial score (nSPS) is 20.4. The minimum Gasteiger partial charge on any atom is -0.399 e. The first-order chi connectivity index (χ1) is 7.94. The van der Waals surface area contributed by atoms with E-state index in [2.05, 4.69) is 18.7 Å². The van der Waals surface area contributed by atoms with E-state index < -0.39 is 0 Å². The lowest BCUT2D eigenvalue weighted by Gasteiger charge is -2.37. The van der Waals surface area contributed by atoms with Crippen molar-refractivity contribution in [3.8, 4) is 0 Å². The summed E-state index contributed by atoms with van der Waals surface area (Å²) in [5, 5.41) is 0.734. The first kappa shape index (κ1) is 12.7. The maximum atomic E-state index is 6.01. The minimum atomic E-state index is 0.504. The van der Waals surface area contributed by atoms with E-state index in [1.54, 1.807) is 6.07 Å². The van der Waals surface area contributed by atoms with Crippen molar-refractivity contribution in [1.82, 2.24) is 4.90 Å². The van der Waals surface area contributed by atoms with Crippen LogP contribution in [0.5, 0.6) is 0 Å². The summed E-state index contributed by atoms with van der Waals surface area (Å²) in [6, 6.07) is 5.83. The second kappa shape index (κ2) is 4.87. The molecule has 1 fully saturated rings. The largest absolute Gasteiger partial charge is 0.399 e. The van der Waals surface area contributed by atoms with Crippen molar-refractivity contribution >= 4 is 17.3 Å². The summed E-state index contributed by atoms with van der Waals surface area (Å²) >= 11 is 6.01. The van der Waals surface area contributed by atoms with Crippen molar-refractivity contribution in [2.24, 2.45) is 5.41 Å². The smallest absolute Gasteiger partial charge is 0.0429 e. The summed E-state index contributed by atoms with van der Waals surface area (Å²) < 4.78 is 0. The Kier molecular flexibility index (Phi) is 3.64. The number of nitrogen functional groups attached to an aromatic ring is 1. The zero-order chi connectivity index (χ0) is 12.5. The van der Waals surface area contributed by atoms with E-state index in [1.807, 2.05) is 12.1 Å². The van der Waals surface area contributed by atoms with Gasteiger partial charge in [-0.05, 0) is 55.1 Å². The molecule has 0 atom stereocenters. The number of nitrogens with zero attached hydrogens (tertiary/aromatic N) is 1. The van der Waals surface area contributed by atoms with Gasteiger partial charge in [-0.25, -0.2) is 0 Å². The van der Waals surface area contributed by atoms with Gasteiger partial charge in [-0.2, -0.15) is 0 Å². The first-order valence-electron chi connectivity index (χ1n) is 6.22. The fourth-order valence-corrected chi connectivity index (χ4v) is 2.61. The Hall–Kier alpha value is -0.730. The fourth-order valence-electron chi connectivity index (χ4n) is 2.34. The molecule has 0 unspecified atom stereocenters. The van der Waals surface area contributed by atoms with Crippen LogP contribution in [0.25, 0.3) is 0 Å². The van der Waals surface area contributed by atoms with E-state index in [0.29, 0.717) is 5.41 Å². The molecule has 0 spiro atoms. The number of benzene rings is 1. The lowest BCUT2D eigenvalue weighted by atomic mass is 9.82. The van der Waals surface area contributed by atoms with Gasteiger partial charge in [-0.1, -0.05) is 25.4 Å². The molecule has 2 rings (SSSR count). The summed E-state index contributed by atoms with van der Waals surface area (Å²) in [4.78, 5) is 2.48. The van der Waals surface area contributed by atoms with Crippen LogP contribution in [0, 0.1) is 5.41 Å². The van der Waals surface area contributed by atoms with E-state index in [4.69, 9.17) is 17.3 Å². The maximum Gasteiger partial charge on any atom is 0.0429 e. The molecule has 0 amide bonds. The van der Waals surface area contributed by atoms with Crippen LogP contribution in [0.2, 0.25) is 5.02 Å². The molecule has 1 aliphatic heterocycles. The minimum absolute atomic E-state index is 0.504. The van der Waals surface area contributed by atoms with Crippen LogP contribution < -0.4 is 5.73 Å². The quantitative estimate of drug-likeness (QED) is 0.816. The van der Waals surface area contributed by atoms with Gasteiger partial charge in [0.05, 0.1) is 0 Å². The monoisotopic (exact) mass is 252 g/mol. The van der Waals surface area contributed by atoms with Crippen molar-refractivity contribution in [3.05, 3.63) is 28.8 Å². The molecule has 3 heteroatoms. The number of hydrogen-bond acceptors (Lipinski definition) is 2. The third-order valence-electron chi connectivity index (χ3n) is 3.60. The van der Waals surface area contributed by atoms with E-state index in [-0.39, 0.29) is 0 Å². The molecule has 0 bridgehead atoms. The number of rotatable bonds is 2. The highest BCUT2D eigenvalue weighted by Gasteiger charge is 2.25. The van der Waals surface area contributed by atoms with E-state index >= 15 is 0 Å². The molecule has 1 aromatic rings. The summed E-state index contributed by atoms with van der Waals surface area (Å²) in [6.07, 6.45) is 2.53. The van der Waals surface area contributed by atoms with Gasteiger partial charge in [0, 0.05) is 17.3 Å². The summed E-state index contributed by atoms with van der Waals surface area (Å²) in [5.74, 6) is 0. The number of likely N-dealkylation sites (tertiary alicyclic amines) is 1. The number of anilines is 1. The topological polar surface area (TPSA) is 29.3 Å². The predicted octanol–water partition coefficient (Wildman–Crippen LogP) is 3.54. The third kappa shape index (κ3) is 3.62. The maximum absolute atomic E-state index is 6.01. The third-order valence-corrected chi connectivity index (χ3v) is 3.81. The molecule has 2 nitrogen and oxygen atoms in total. The van der Waals surface area contributed by atoms with Crippen LogP contribution in [-0.2, 0) is 6.54 Å². The highest BCUT2D eigenvalue weighted by Crippen LogP contribution is 2.30. The molecule has 94 valence electrons. The summed E-state index contributed by atoms with van der Waals surface area (Å²) in [5.41, 5.74) is 8.28. The molecular formula is C14H21ClN2. The molecule has 1 saturated heterocycles. The summed E-state index contributed by atoms with van der Waals surface area (Å²) in [6.45, 7) is 7.99. The van der Waals surface area contributed by atoms with Crippen LogP contribution in [0.15, 0.2) is 18.2 Å². The van der Waals surface area contributed by atoms with Gasteiger partial charge in [0.1, 0.15) is 0 Å². The Labute approximate surface area is 109 Å². The van der Waals surface area contributed by atoms with Gasteiger partial charge in [0.2, 0.25) is 0 Å². The van der Waals surface area contributed by atoms with E-state index in [9.17, 15) is 0 Å². The Morgan fingerprint density at radius 2 is 1.88 bits per heavy atom. The first-order valence-corrected chi connectivity index (χ1v) is 6.60. The molecule has 2 N–H and O–H groups in total. The van der Waals surface area contributed by atoms with Crippen LogP contribution in [0.4, 0.5) is 5.69 Å². The van der Waals surface area contributed by atoms with Crippen molar-refractivity contribution in [1.29, 1.82) is 0 Å². The van der Waals surface area contributed by atoms with Crippen LogP contribution >= 0.6 is 11.6 Å². The molecule has 17 heavy (non-hydrogen) atoms. The van der Waals surface area contributed by atoms with Crippen molar-refractivity contribution in [2.75, 3.05) is 18.8 Å². The van der Waals surface area contributed by atoms with Crippen LogP contribution in [0.3, 0.4) is 0 Å². The lowest BCUT2D eigenvalue weighted by molar-refractivity contribution is 0.127. The second-order valence-electron chi connectivity index (χ2n) is 5.83. The number of piperidine rings is 1. The molecule has 0 aliphatic carbocycles. The standard InChI is InChI=1S/C14H21ClN2/c1-14(2)3-5-17(6-4-14)10-11-7-12(15)9-13(16)8-11/h7-9H,3-6,10,16H2,1-2H3. The van der Waals surface area contributed by atoms with E-state index in [1.165, 1.54) is 31.5 Å². The van der Waals surface area contributed by atoms with Gasteiger partial charge in [0.25, 0.3) is 0 Å². The Morgan fingerprint density at radius 3 is 2.47 bits per heavy atom. The van der Waals surface area contributed by atoms with Crippen molar-refractivity contribution in [3.63, 3.8) is 0 Å². The van der Waals surface area contributed by atoms with E-state index in [0.717, 1.165) is 17.3 Å². The molecule has 0 aromatic heterocycles. The zero-order valence-corrected chi connectivity index (χ0v) is 11.4. The second-order valence-corrected chi connectivity index (χ2v) is 6.27. The Bertz CT molecular complexity index is 371. The SMILES string of the molecule is CC1(C)CCN(Cc2cc(N)cc(Cl)c2)CC1. The average Bonchev–Trinajstić information content (AvgIpc) is 2.20. The number of hydrogen-bond donors (Lipinski definition) is 1. The Morgan fingerprint density at radius 1 is 1.24 bits per heavy atom. The zero-order valence-electron chi connectivity index (χ0n) is 10.7. The van der Waals surface area contributed by atoms with Gasteiger partial charge < -0.3 is 5.73 Å². The lowest BCUT2D eigenvalue weighted by Crippen LogP contribution is -2.36. The highest BCUT2D eigenvalue weighted by molar-refractivity contribution is 6.30. The highest BCUT2D eigenvalue weighted by atomic mass is 35.5. The number of nitrogens with two attached hydrogens (primary N) is 1. The number of halogens is 1. The fraction of sp³-hybridized carbons (Fsp3) is 0.571. The van der Waals surface area contributed by atoms with Crippen LogP contribution in [0.1, 0.15) is 32.3 Å². The molecular weight excluding hydrogens is 232 g/mol. The van der Waals surface area contributed by atoms with Crippen LogP contribution in [-0.4, -0.2) is 18.0 Å². The van der Waals surface area contributed by atoms with Gasteiger partial charge in [-0.15, -0.1) is 0 Å². The average molecular weight is 253 g/mol. The molecule has 1 aromatic carbocycles. The molecule has 1 heterocycles. The van der Waals surface area contributed by atoms with Gasteiger partial charge in [-0.3, -0.25) is 4.90 Å². The molecule has 1 aliphatic rings. The molecule has 0 saturated carbocycles. The Balaban J connectivity index is 1.97. The van der Waals surface area contributed by atoms with Crippen molar-refractivity contribution < 1.29 is 0 Å². The molecule has 0 radical (unpaired) electrons. The van der Waals surface area contributed by atoms with Crippen molar-refractivity contribution in [2.45, 2.75) is 33.2 Å². The van der Waals surface area contributed by atoms with Gasteiger partial charge in [0.15, 0.2) is 0 Å². The summed E-state index contributed by atoms with van der Waals surface area (Å²) in [7, 11) is 0. The van der Waals surface area contributed by atoms with Gasteiger partial charge >= 0.3 is 0 Å².